The topological polar surface area (TPSA) is 62.3 Å². The Morgan fingerprint density at radius 3 is 2.60 bits per heavy atom. The second-order valence-electron chi connectivity index (χ2n) is 3.95. The van der Waals surface area contributed by atoms with Crippen molar-refractivity contribution in [3.63, 3.8) is 0 Å². The summed E-state index contributed by atoms with van der Waals surface area (Å²) in [5.41, 5.74) is 5.45. The highest BCUT2D eigenvalue weighted by molar-refractivity contribution is 5.79. The first-order valence-corrected chi connectivity index (χ1v) is 5.67. The number of nitrogens with two attached hydrogens (primary N) is 1. The van der Waals surface area contributed by atoms with E-state index in [1.807, 2.05) is 6.92 Å². The van der Waals surface area contributed by atoms with Crippen LogP contribution in [-0.2, 0) is 4.74 Å². The molecule has 0 aliphatic carbocycles. The standard InChI is InChI=1S/C11H25N3O/c1-4-14(7-5-6-8-15-3)9-10(2)11(12)13/h10H,4-9H2,1-3H3,(H3,12,13). The Bertz CT molecular complexity index is 173. The minimum absolute atomic E-state index is 0.160. The number of hydrogen-bond acceptors (Lipinski definition) is 3. The maximum absolute atomic E-state index is 7.34. The average molecular weight is 215 g/mol. The Kier molecular flexibility index (Phi) is 8.33. The summed E-state index contributed by atoms with van der Waals surface area (Å²) in [6, 6.07) is 0. The van der Waals surface area contributed by atoms with Crippen LogP contribution in [0.5, 0.6) is 0 Å². The molecule has 0 aromatic rings. The van der Waals surface area contributed by atoms with Gasteiger partial charge < -0.3 is 15.4 Å². The largest absolute Gasteiger partial charge is 0.387 e. The highest BCUT2D eigenvalue weighted by Gasteiger charge is 2.10. The minimum atomic E-state index is 0.160. The van der Waals surface area contributed by atoms with Crippen molar-refractivity contribution in [1.29, 1.82) is 5.41 Å². The summed E-state index contributed by atoms with van der Waals surface area (Å²) < 4.78 is 5.00. The van der Waals surface area contributed by atoms with Crippen molar-refractivity contribution in [3.8, 4) is 0 Å². The van der Waals surface area contributed by atoms with Gasteiger partial charge in [0.25, 0.3) is 0 Å². The molecular weight excluding hydrogens is 190 g/mol. The summed E-state index contributed by atoms with van der Waals surface area (Å²) in [7, 11) is 1.73. The van der Waals surface area contributed by atoms with Crippen LogP contribution < -0.4 is 5.73 Å². The average Bonchev–Trinajstić information content (AvgIpc) is 2.22. The fourth-order valence-corrected chi connectivity index (χ4v) is 1.45. The maximum atomic E-state index is 7.34. The van der Waals surface area contributed by atoms with E-state index in [1.54, 1.807) is 7.11 Å². The smallest absolute Gasteiger partial charge is 0.0947 e. The minimum Gasteiger partial charge on any atom is -0.387 e. The van der Waals surface area contributed by atoms with Crippen molar-refractivity contribution < 1.29 is 4.74 Å². The lowest BCUT2D eigenvalue weighted by Crippen LogP contribution is -2.35. The van der Waals surface area contributed by atoms with Crippen LogP contribution in [0.1, 0.15) is 26.7 Å². The van der Waals surface area contributed by atoms with E-state index in [0.29, 0.717) is 0 Å². The van der Waals surface area contributed by atoms with Crippen molar-refractivity contribution in [2.45, 2.75) is 26.7 Å². The maximum Gasteiger partial charge on any atom is 0.0947 e. The zero-order chi connectivity index (χ0) is 11.7. The van der Waals surface area contributed by atoms with Crippen LogP contribution >= 0.6 is 0 Å². The lowest BCUT2D eigenvalue weighted by atomic mass is 10.1. The summed E-state index contributed by atoms with van der Waals surface area (Å²) in [4.78, 5) is 2.34. The Balaban J connectivity index is 3.67. The van der Waals surface area contributed by atoms with Crippen molar-refractivity contribution in [2.75, 3.05) is 33.4 Å². The number of nitrogens with one attached hydrogen (secondary N) is 1. The van der Waals surface area contributed by atoms with Crippen molar-refractivity contribution in [2.24, 2.45) is 11.7 Å². The monoisotopic (exact) mass is 215 g/mol. The van der Waals surface area contributed by atoms with Gasteiger partial charge in [-0.1, -0.05) is 13.8 Å². The first kappa shape index (κ1) is 14.4. The van der Waals surface area contributed by atoms with Crippen LogP contribution in [0.3, 0.4) is 0 Å². The lowest BCUT2D eigenvalue weighted by molar-refractivity contribution is 0.183. The molecule has 15 heavy (non-hydrogen) atoms. The highest BCUT2D eigenvalue weighted by Crippen LogP contribution is 2.01. The number of methoxy groups -OCH3 is 1. The molecule has 0 spiro atoms. The van der Waals surface area contributed by atoms with E-state index in [1.165, 1.54) is 0 Å². The quantitative estimate of drug-likeness (QED) is 0.346. The molecule has 0 saturated heterocycles. The van der Waals surface area contributed by atoms with Gasteiger partial charge in [-0.25, -0.2) is 0 Å². The molecule has 0 aromatic heterocycles. The molecule has 0 rings (SSSR count). The first-order chi connectivity index (χ1) is 7.11. The molecule has 0 bridgehead atoms. The van der Waals surface area contributed by atoms with Gasteiger partial charge in [0.15, 0.2) is 0 Å². The number of hydrogen-bond donors (Lipinski definition) is 2. The number of rotatable bonds is 9. The van der Waals surface area contributed by atoms with Crippen molar-refractivity contribution in [1.82, 2.24) is 4.90 Å². The molecule has 0 aromatic carbocycles. The van der Waals surface area contributed by atoms with E-state index < -0.39 is 0 Å². The number of ether oxygens (including phenoxy) is 1. The van der Waals surface area contributed by atoms with Crippen molar-refractivity contribution in [3.05, 3.63) is 0 Å². The molecule has 0 heterocycles. The molecule has 4 nitrogen and oxygen atoms in total. The van der Waals surface area contributed by atoms with Gasteiger partial charge in [-0.05, 0) is 25.9 Å². The van der Waals surface area contributed by atoms with Crippen LogP contribution in [0.25, 0.3) is 0 Å². The zero-order valence-corrected chi connectivity index (χ0v) is 10.3. The van der Waals surface area contributed by atoms with Gasteiger partial charge in [0.05, 0.1) is 5.84 Å². The Morgan fingerprint density at radius 1 is 1.47 bits per heavy atom. The van der Waals surface area contributed by atoms with Gasteiger partial charge in [-0.15, -0.1) is 0 Å². The molecule has 3 N–H and O–H groups in total. The van der Waals surface area contributed by atoms with Gasteiger partial charge in [0, 0.05) is 26.2 Å². The van der Waals surface area contributed by atoms with Gasteiger partial charge in [0.1, 0.15) is 0 Å². The molecule has 4 heteroatoms. The number of unbranched alkanes of at least 4 members (excludes halogenated alkanes) is 1. The van der Waals surface area contributed by atoms with E-state index in [9.17, 15) is 0 Å². The Hall–Kier alpha value is -0.610. The third-order valence-corrected chi connectivity index (χ3v) is 2.58. The summed E-state index contributed by atoms with van der Waals surface area (Å²) >= 11 is 0. The highest BCUT2D eigenvalue weighted by atomic mass is 16.5. The fourth-order valence-electron chi connectivity index (χ4n) is 1.45. The van der Waals surface area contributed by atoms with Crippen LogP contribution in [0.4, 0.5) is 0 Å². The van der Waals surface area contributed by atoms with Crippen LogP contribution in [0.2, 0.25) is 0 Å². The molecule has 0 aliphatic rings. The normalized spacial score (nSPS) is 13.1. The summed E-state index contributed by atoms with van der Waals surface area (Å²) in [6.45, 7) is 7.95. The predicted molar refractivity (Wildman–Crippen MR) is 64.3 cm³/mol. The van der Waals surface area contributed by atoms with Gasteiger partial charge in [-0.3, -0.25) is 5.41 Å². The van der Waals surface area contributed by atoms with E-state index in [2.05, 4.69) is 11.8 Å². The van der Waals surface area contributed by atoms with Gasteiger partial charge >= 0.3 is 0 Å². The van der Waals surface area contributed by atoms with E-state index >= 15 is 0 Å². The second-order valence-corrected chi connectivity index (χ2v) is 3.95. The number of nitrogens with zero attached hydrogens (tertiary/aromatic N) is 1. The number of amidine groups is 1. The molecule has 90 valence electrons. The molecule has 0 aliphatic heterocycles. The molecular formula is C11H25N3O. The summed E-state index contributed by atoms with van der Waals surface area (Å²) in [6.07, 6.45) is 2.24. The predicted octanol–water partition coefficient (Wildman–Crippen LogP) is 1.31. The van der Waals surface area contributed by atoms with Crippen molar-refractivity contribution >= 4 is 5.84 Å². The SMILES string of the molecule is CCN(CCCCOC)CC(C)C(=N)N. The fraction of sp³-hybridized carbons (Fsp3) is 0.909. The van der Waals surface area contributed by atoms with Crippen LogP contribution in [0, 0.1) is 11.3 Å². The molecule has 0 saturated carbocycles. The Morgan fingerprint density at radius 2 is 2.13 bits per heavy atom. The zero-order valence-electron chi connectivity index (χ0n) is 10.3. The van der Waals surface area contributed by atoms with Crippen LogP contribution in [0.15, 0.2) is 0 Å². The third-order valence-electron chi connectivity index (χ3n) is 2.58. The summed E-state index contributed by atoms with van der Waals surface area (Å²) in [5.74, 6) is 0.442. The van der Waals surface area contributed by atoms with Crippen LogP contribution in [-0.4, -0.2) is 44.1 Å². The second kappa shape index (κ2) is 8.68. The molecule has 0 amide bonds. The first-order valence-electron chi connectivity index (χ1n) is 5.67. The molecule has 0 fully saturated rings. The molecule has 1 unspecified atom stereocenters. The Labute approximate surface area is 93.3 Å². The van der Waals surface area contributed by atoms with E-state index in [0.717, 1.165) is 39.1 Å². The van der Waals surface area contributed by atoms with E-state index in [4.69, 9.17) is 15.9 Å². The summed E-state index contributed by atoms with van der Waals surface area (Å²) in [5, 5.41) is 7.34. The van der Waals surface area contributed by atoms with Gasteiger partial charge in [-0.2, -0.15) is 0 Å². The van der Waals surface area contributed by atoms with Gasteiger partial charge in [0.2, 0.25) is 0 Å². The molecule has 1 atom stereocenters. The molecule has 0 radical (unpaired) electrons. The third kappa shape index (κ3) is 7.33. The van der Waals surface area contributed by atoms with E-state index in [-0.39, 0.29) is 11.8 Å². The lowest BCUT2D eigenvalue weighted by Gasteiger charge is -2.23.